The van der Waals surface area contributed by atoms with Gasteiger partial charge in [-0.15, -0.1) is 10.2 Å². The van der Waals surface area contributed by atoms with Gasteiger partial charge in [-0.3, -0.25) is 4.79 Å². The summed E-state index contributed by atoms with van der Waals surface area (Å²) >= 11 is 7.45. The predicted molar refractivity (Wildman–Crippen MR) is 104 cm³/mol. The fourth-order valence-corrected chi connectivity index (χ4v) is 3.58. The van der Waals surface area contributed by atoms with Gasteiger partial charge >= 0.3 is 0 Å². The van der Waals surface area contributed by atoms with Crippen LogP contribution in [-0.2, 0) is 11.3 Å². The van der Waals surface area contributed by atoms with Crippen LogP contribution in [0.4, 0.5) is 5.69 Å². The molecule has 0 aliphatic heterocycles. The fourth-order valence-electron chi connectivity index (χ4n) is 2.49. The van der Waals surface area contributed by atoms with Crippen molar-refractivity contribution >= 4 is 35.0 Å². The summed E-state index contributed by atoms with van der Waals surface area (Å²) in [5.41, 5.74) is 1.50. The Labute approximate surface area is 160 Å². The number of nitrogens with one attached hydrogen (secondary N) is 1. The number of para-hydroxylation sites is 1. The van der Waals surface area contributed by atoms with Crippen molar-refractivity contribution in [1.82, 2.24) is 14.8 Å². The molecule has 0 aliphatic carbocycles. The highest BCUT2D eigenvalue weighted by Crippen LogP contribution is 2.29. The Morgan fingerprint density at radius 3 is 2.77 bits per heavy atom. The molecule has 2 aromatic heterocycles. The van der Waals surface area contributed by atoms with Crippen molar-refractivity contribution in [3.63, 3.8) is 0 Å². The summed E-state index contributed by atoms with van der Waals surface area (Å²) in [7, 11) is 0. The molecule has 0 saturated heterocycles. The zero-order valence-corrected chi connectivity index (χ0v) is 16.3. The molecule has 2 heterocycles. The van der Waals surface area contributed by atoms with Crippen LogP contribution in [0.5, 0.6) is 0 Å². The Balaban J connectivity index is 1.76. The second-order valence-corrected chi connectivity index (χ2v) is 7.39. The summed E-state index contributed by atoms with van der Waals surface area (Å²) in [6, 6.07) is 9.02. The third-order valence-corrected chi connectivity index (χ3v) is 5.33. The number of anilines is 1. The molecule has 3 rings (SSSR count). The molecule has 136 valence electrons. The van der Waals surface area contributed by atoms with Gasteiger partial charge in [-0.05, 0) is 39.0 Å². The molecule has 6 nitrogen and oxygen atoms in total. The van der Waals surface area contributed by atoms with E-state index in [4.69, 9.17) is 16.0 Å². The van der Waals surface area contributed by atoms with Gasteiger partial charge in [0.1, 0.15) is 5.76 Å². The van der Waals surface area contributed by atoms with Gasteiger partial charge in [0.2, 0.25) is 5.91 Å². The number of amides is 1. The predicted octanol–water partition coefficient (Wildman–Crippen LogP) is 4.64. The summed E-state index contributed by atoms with van der Waals surface area (Å²) in [5.74, 6) is 1.38. The molecule has 8 heteroatoms. The minimum Gasteiger partial charge on any atom is -0.469 e. The summed E-state index contributed by atoms with van der Waals surface area (Å²) < 4.78 is 7.33. The van der Waals surface area contributed by atoms with Gasteiger partial charge < -0.3 is 14.3 Å². The molecule has 1 N–H and O–H groups in total. The van der Waals surface area contributed by atoms with Crippen molar-refractivity contribution < 1.29 is 9.21 Å². The van der Waals surface area contributed by atoms with E-state index in [0.29, 0.717) is 22.4 Å². The fraction of sp³-hybridized carbons (Fsp3) is 0.278. The number of hydrogen-bond donors (Lipinski definition) is 1. The van der Waals surface area contributed by atoms with E-state index in [-0.39, 0.29) is 11.2 Å². The van der Waals surface area contributed by atoms with Gasteiger partial charge in [0.25, 0.3) is 0 Å². The third kappa shape index (κ3) is 3.78. The number of halogens is 1. The number of carbonyl (C=O) groups excluding carboxylic acids is 1. The van der Waals surface area contributed by atoms with Crippen LogP contribution in [-0.4, -0.2) is 25.9 Å². The zero-order chi connectivity index (χ0) is 18.7. The number of nitrogens with zero attached hydrogens (tertiary/aromatic N) is 3. The molecule has 0 saturated carbocycles. The van der Waals surface area contributed by atoms with Crippen LogP contribution in [0.25, 0.3) is 11.4 Å². The van der Waals surface area contributed by atoms with Crippen LogP contribution in [0.3, 0.4) is 0 Å². The molecule has 1 aromatic carbocycles. The van der Waals surface area contributed by atoms with E-state index in [2.05, 4.69) is 15.5 Å². The molecule has 26 heavy (non-hydrogen) atoms. The van der Waals surface area contributed by atoms with Crippen LogP contribution >= 0.6 is 23.4 Å². The number of benzene rings is 1. The lowest BCUT2D eigenvalue weighted by Crippen LogP contribution is -2.23. The van der Waals surface area contributed by atoms with Crippen LogP contribution in [0.2, 0.25) is 5.02 Å². The minimum absolute atomic E-state index is 0.144. The van der Waals surface area contributed by atoms with Crippen LogP contribution < -0.4 is 5.32 Å². The number of rotatable bonds is 6. The van der Waals surface area contributed by atoms with Gasteiger partial charge in [-0.25, -0.2) is 0 Å². The van der Waals surface area contributed by atoms with Crippen molar-refractivity contribution in [1.29, 1.82) is 0 Å². The van der Waals surface area contributed by atoms with Crippen molar-refractivity contribution in [3.05, 3.63) is 47.4 Å². The zero-order valence-electron chi connectivity index (χ0n) is 14.7. The first-order chi connectivity index (χ1) is 12.5. The lowest BCUT2D eigenvalue weighted by atomic mass is 10.2. The van der Waals surface area contributed by atoms with E-state index < -0.39 is 0 Å². The molecule has 0 bridgehead atoms. The van der Waals surface area contributed by atoms with Gasteiger partial charge in [-0.2, -0.15) is 0 Å². The number of thioether (sulfide) groups is 1. The standard InChI is InChI=1S/C18H19ClN4O2S/c1-4-23-16(13-9-10-25-11(13)2)21-22-18(23)26-12(3)17(24)20-15-8-6-5-7-14(15)19/h5-10,12H,4H2,1-3H3,(H,20,24)/t12-/m0/s1. The SMILES string of the molecule is CCn1c(S[C@@H](C)C(=O)Nc2ccccc2Cl)nnc1-c1ccoc1C. The Kier molecular flexibility index (Phi) is 5.68. The summed E-state index contributed by atoms with van der Waals surface area (Å²) in [6.07, 6.45) is 1.63. The number of furan rings is 1. The number of aromatic nitrogens is 3. The normalized spacial score (nSPS) is 12.2. The Morgan fingerprint density at radius 2 is 2.12 bits per heavy atom. The topological polar surface area (TPSA) is 73.0 Å². The molecular weight excluding hydrogens is 372 g/mol. The molecule has 0 fully saturated rings. The maximum Gasteiger partial charge on any atom is 0.237 e. The first-order valence-corrected chi connectivity index (χ1v) is 9.46. The minimum atomic E-state index is -0.362. The molecule has 3 aromatic rings. The Bertz CT molecular complexity index is 922. The second-order valence-electron chi connectivity index (χ2n) is 5.67. The molecular formula is C18H19ClN4O2S. The van der Waals surface area contributed by atoms with E-state index >= 15 is 0 Å². The van der Waals surface area contributed by atoms with E-state index in [1.807, 2.05) is 43.5 Å². The van der Waals surface area contributed by atoms with E-state index in [0.717, 1.165) is 17.1 Å². The van der Waals surface area contributed by atoms with Crippen LogP contribution in [0.1, 0.15) is 19.6 Å². The maximum absolute atomic E-state index is 12.5. The summed E-state index contributed by atoms with van der Waals surface area (Å²) in [6.45, 7) is 6.42. The average Bonchev–Trinajstić information content (AvgIpc) is 3.22. The number of carbonyl (C=O) groups is 1. The monoisotopic (exact) mass is 390 g/mol. The third-order valence-electron chi connectivity index (χ3n) is 3.92. The van der Waals surface area contributed by atoms with E-state index in [1.54, 1.807) is 18.4 Å². The molecule has 0 unspecified atom stereocenters. The highest BCUT2D eigenvalue weighted by Gasteiger charge is 2.22. The van der Waals surface area contributed by atoms with Crippen LogP contribution in [0, 0.1) is 6.92 Å². The van der Waals surface area contributed by atoms with E-state index in [1.165, 1.54) is 11.8 Å². The Morgan fingerprint density at radius 1 is 1.35 bits per heavy atom. The van der Waals surface area contributed by atoms with Crippen molar-refractivity contribution in [2.24, 2.45) is 0 Å². The summed E-state index contributed by atoms with van der Waals surface area (Å²) in [5, 5.41) is 12.2. The highest BCUT2D eigenvalue weighted by molar-refractivity contribution is 8.00. The maximum atomic E-state index is 12.5. The molecule has 1 amide bonds. The lowest BCUT2D eigenvalue weighted by Gasteiger charge is -2.13. The largest absolute Gasteiger partial charge is 0.469 e. The average molecular weight is 391 g/mol. The van der Waals surface area contributed by atoms with Crippen molar-refractivity contribution in [2.75, 3.05) is 5.32 Å². The number of hydrogen-bond acceptors (Lipinski definition) is 5. The second kappa shape index (κ2) is 7.97. The first kappa shape index (κ1) is 18.5. The first-order valence-electron chi connectivity index (χ1n) is 8.21. The Hall–Kier alpha value is -2.25. The molecule has 1 atom stereocenters. The smallest absolute Gasteiger partial charge is 0.237 e. The summed E-state index contributed by atoms with van der Waals surface area (Å²) in [4.78, 5) is 12.5. The van der Waals surface area contributed by atoms with Crippen molar-refractivity contribution in [2.45, 2.75) is 37.7 Å². The van der Waals surface area contributed by atoms with Gasteiger partial charge in [0.15, 0.2) is 11.0 Å². The molecule has 0 aliphatic rings. The van der Waals surface area contributed by atoms with Crippen LogP contribution in [0.15, 0.2) is 46.2 Å². The molecule has 0 radical (unpaired) electrons. The molecule has 0 spiro atoms. The van der Waals surface area contributed by atoms with E-state index in [9.17, 15) is 4.79 Å². The number of aryl methyl sites for hydroxylation is 1. The van der Waals surface area contributed by atoms with Gasteiger partial charge in [0.05, 0.1) is 27.8 Å². The lowest BCUT2D eigenvalue weighted by molar-refractivity contribution is -0.115. The van der Waals surface area contributed by atoms with Gasteiger partial charge in [-0.1, -0.05) is 35.5 Å². The van der Waals surface area contributed by atoms with Crippen molar-refractivity contribution in [3.8, 4) is 11.4 Å². The highest BCUT2D eigenvalue weighted by atomic mass is 35.5. The van der Waals surface area contributed by atoms with Gasteiger partial charge in [0, 0.05) is 6.54 Å². The quantitative estimate of drug-likeness (QED) is 0.620.